The quantitative estimate of drug-likeness (QED) is 0.841. The van der Waals surface area contributed by atoms with Crippen molar-refractivity contribution in [2.45, 2.75) is 11.3 Å². The molecule has 0 saturated carbocycles. The van der Waals surface area contributed by atoms with Crippen molar-refractivity contribution < 1.29 is 8.42 Å². The lowest BCUT2D eigenvalue weighted by Gasteiger charge is -2.11. The van der Waals surface area contributed by atoms with Gasteiger partial charge in [0.05, 0.1) is 20.6 Å². The normalized spacial score (nSPS) is 11.8. The van der Waals surface area contributed by atoms with Crippen LogP contribution in [0, 0.1) is 0 Å². The van der Waals surface area contributed by atoms with Gasteiger partial charge in [-0.3, -0.25) is 0 Å². The van der Waals surface area contributed by atoms with E-state index in [0.717, 1.165) is 16.3 Å². The van der Waals surface area contributed by atoms with Gasteiger partial charge in [0.1, 0.15) is 0 Å². The Morgan fingerprint density at radius 3 is 2.48 bits per heavy atom. The highest BCUT2D eigenvalue weighted by Gasteiger charge is 2.17. The molecule has 1 aromatic carbocycles. The van der Waals surface area contributed by atoms with E-state index in [4.69, 9.17) is 18.0 Å². The zero-order valence-electron chi connectivity index (χ0n) is 11.6. The molecule has 0 radical (unpaired) electrons. The summed E-state index contributed by atoms with van der Waals surface area (Å²) in [5.41, 5.74) is 7.15. The highest BCUT2D eigenvalue weighted by Crippen LogP contribution is 2.24. The van der Waals surface area contributed by atoms with Gasteiger partial charge in [0.2, 0.25) is 10.0 Å². The Morgan fingerprint density at radius 1 is 1.33 bits per heavy atom. The van der Waals surface area contributed by atoms with E-state index in [1.807, 2.05) is 5.38 Å². The van der Waals surface area contributed by atoms with Crippen molar-refractivity contribution in [3.63, 3.8) is 0 Å². The molecule has 2 rings (SSSR count). The van der Waals surface area contributed by atoms with Gasteiger partial charge < -0.3 is 5.73 Å². The van der Waals surface area contributed by atoms with Gasteiger partial charge in [-0.15, -0.1) is 11.3 Å². The van der Waals surface area contributed by atoms with E-state index in [1.54, 1.807) is 24.3 Å². The Labute approximate surface area is 133 Å². The maximum Gasteiger partial charge on any atom is 0.242 e. The number of hydrogen-bond acceptors (Lipinski definition) is 5. The van der Waals surface area contributed by atoms with E-state index in [-0.39, 0.29) is 4.90 Å². The summed E-state index contributed by atoms with van der Waals surface area (Å²) in [5.74, 6) is 0. The molecule has 0 aliphatic heterocycles. The number of benzene rings is 1. The predicted molar refractivity (Wildman–Crippen MR) is 88.9 cm³/mol. The summed E-state index contributed by atoms with van der Waals surface area (Å²) in [6, 6.07) is 6.65. The van der Waals surface area contributed by atoms with Gasteiger partial charge in [0, 0.05) is 31.5 Å². The molecule has 2 aromatic rings. The fourth-order valence-corrected chi connectivity index (χ4v) is 3.64. The van der Waals surface area contributed by atoms with Crippen LogP contribution < -0.4 is 5.73 Å². The van der Waals surface area contributed by atoms with Gasteiger partial charge in [0.25, 0.3) is 0 Å². The lowest BCUT2D eigenvalue weighted by atomic mass is 10.2. The Bertz CT molecular complexity index is 749. The van der Waals surface area contributed by atoms with Gasteiger partial charge in [0.15, 0.2) is 0 Å². The van der Waals surface area contributed by atoms with Crippen molar-refractivity contribution in [3.05, 3.63) is 34.7 Å². The molecule has 0 aliphatic rings. The van der Waals surface area contributed by atoms with Gasteiger partial charge in [-0.25, -0.2) is 17.7 Å². The molecule has 2 N–H and O–H groups in total. The van der Waals surface area contributed by atoms with Crippen LogP contribution in [-0.2, 0) is 16.4 Å². The van der Waals surface area contributed by atoms with Crippen molar-refractivity contribution in [3.8, 4) is 11.3 Å². The molecular weight excluding hydrogens is 326 g/mol. The Balaban J connectivity index is 2.27. The molecule has 0 unspecified atom stereocenters. The van der Waals surface area contributed by atoms with Gasteiger partial charge in [-0.2, -0.15) is 0 Å². The molecule has 5 nitrogen and oxygen atoms in total. The first-order valence-corrected chi connectivity index (χ1v) is 8.79. The number of nitrogens with two attached hydrogens (primary N) is 1. The van der Waals surface area contributed by atoms with Crippen LogP contribution in [0.1, 0.15) is 5.01 Å². The average Bonchev–Trinajstić information content (AvgIpc) is 2.86. The Morgan fingerprint density at radius 2 is 1.95 bits per heavy atom. The second-order valence-corrected chi connectivity index (χ2v) is 8.20. The first kappa shape index (κ1) is 16.0. The lowest BCUT2D eigenvalue weighted by Crippen LogP contribution is -2.22. The molecule has 112 valence electrons. The number of rotatable bonds is 5. The van der Waals surface area contributed by atoms with E-state index < -0.39 is 10.0 Å². The third kappa shape index (κ3) is 3.65. The highest BCUT2D eigenvalue weighted by atomic mass is 32.2. The summed E-state index contributed by atoms with van der Waals surface area (Å²) in [4.78, 5) is 5.10. The maximum atomic E-state index is 12.0. The Kier molecular flexibility index (Phi) is 4.72. The molecule has 0 fully saturated rings. The summed E-state index contributed by atoms with van der Waals surface area (Å²) >= 11 is 6.34. The molecule has 0 spiro atoms. The molecule has 8 heteroatoms. The standard InChI is InChI=1S/C13H15N3O2S3/c1-16(2)21(17,18)10-5-3-9(4-6-10)11-8-20-13(15-11)7-12(14)19/h3-6,8H,7H2,1-2H3,(H2,14,19). The smallest absolute Gasteiger partial charge is 0.242 e. The van der Waals surface area contributed by atoms with Crippen molar-refractivity contribution >= 4 is 38.6 Å². The summed E-state index contributed by atoms with van der Waals surface area (Å²) < 4.78 is 25.2. The van der Waals surface area contributed by atoms with Crippen LogP contribution in [0.2, 0.25) is 0 Å². The predicted octanol–water partition coefficient (Wildman–Crippen LogP) is 1.89. The first-order valence-electron chi connectivity index (χ1n) is 6.06. The number of hydrogen-bond donors (Lipinski definition) is 1. The molecule has 0 saturated heterocycles. The molecule has 1 heterocycles. The van der Waals surface area contributed by atoms with Crippen LogP contribution in [-0.4, -0.2) is 36.8 Å². The number of nitrogens with zero attached hydrogens (tertiary/aromatic N) is 2. The van der Waals surface area contributed by atoms with E-state index in [1.165, 1.54) is 29.7 Å². The zero-order chi connectivity index (χ0) is 15.6. The molecular formula is C13H15N3O2S3. The first-order chi connectivity index (χ1) is 9.80. The van der Waals surface area contributed by atoms with Crippen LogP contribution in [0.15, 0.2) is 34.5 Å². The van der Waals surface area contributed by atoms with Gasteiger partial charge in [-0.05, 0) is 12.1 Å². The molecule has 0 amide bonds. The zero-order valence-corrected chi connectivity index (χ0v) is 14.1. The highest BCUT2D eigenvalue weighted by molar-refractivity contribution is 7.89. The molecule has 0 bridgehead atoms. The van der Waals surface area contributed by atoms with Crippen molar-refractivity contribution in [2.75, 3.05) is 14.1 Å². The number of sulfonamides is 1. The third-order valence-electron chi connectivity index (χ3n) is 2.81. The maximum absolute atomic E-state index is 12.0. The fourth-order valence-electron chi connectivity index (χ4n) is 1.68. The van der Waals surface area contributed by atoms with E-state index in [2.05, 4.69) is 4.98 Å². The largest absolute Gasteiger partial charge is 0.393 e. The van der Waals surface area contributed by atoms with Crippen molar-refractivity contribution in [1.82, 2.24) is 9.29 Å². The van der Waals surface area contributed by atoms with E-state index in [0.29, 0.717) is 11.4 Å². The van der Waals surface area contributed by atoms with E-state index in [9.17, 15) is 8.42 Å². The van der Waals surface area contributed by atoms with Crippen LogP contribution in [0.25, 0.3) is 11.3 Å². The molecule has 21 heavy (non-hydrogen) atoms. The average molecular weight is 341 g/mol. The molecule has 0 atom stereocenters. The summed E-state index contributed by atoms with van der Waals surface area (Å²) in [6.07, 6.45) is 0.479. The Hall–Kier alpha value is -1.35. The fraction of sp³-hybridized carbons (Fsp3) is 0.231. The van der Waals surface area contributed by atoms with Crippen LogP contribution in [0.4, 0.5) is 0 Å². The lowest BCUT2D eigenvalue weighted by molar-refractivity contribution is 0.521. The summed E-state index contributed by atoms with van der Waals surface area (Å²) in [5, 5.41) is 2.76. The number of thiazole rings is 1. The molecule has 1 aromatic heterocycles. The minimum absolute atomic E-state index is 0.259. The second kappa shape index (κ2) is 6.18. The summed E-state index contributed by atoms with van der Waals surface area (Å²) in [6.45, 7) is 0. The SMILES string of the molecule is CN(C)S(=O)(=O)c1ccc(-c2csc(CC(N)=S)n2)cc1. The van der Waals surface area contributed by atoms with Crippen LogP contribution in [0.5, 0.6) is 0 Å². The monoisotopic (exact) mass is 341 g/mol. The van der Waals surface area contributed by atoms with Gasteiger partial charge in [-0.1, -0.05) is 24.4 Å². The topological polar surface area (TPSA) is 76.3 Å². The molecule has 0 aliphatic carbocycles. The summed E-state index contributed by atoms with van der Waals surface area (Å²) in [7, 11) is -0.393. The van der Waals surface area contributed by atoms with Crippen molar-refractivity contribution in [2.24, 2.45) is 5.73 Å². The van der Waals surface area contributed by atoms with E-state index >= 15 is 0 Å². The van der Waals surface area contributed by atoms with Crippen LogP contribution in [0.3, 0.4) is 0 Å². The minimum Gasteiger partial charge on any atom is -0.393 e. The minimum atomic E-state index is -3.40. The third-order valence-corrected chi connectivity index (χ3v) is 5.63. The van der Waals surface area contributed by atoms with Gasteiger partial charge >= 0.3 is 0 Å². The second-order valence-electron chi connectivity index (χ2n) is 4.58. The number of aromatic nitrogens is 1. The van der Waals surface area contributed by atoms with Crippen LogP contribution >= 0.6 is 23.6 Å². The van der Waals surface area contributed by atoms with Crippen molar-refractivity contribution in [1.29, 1.82) is 0 Å². The number of thiocarbonyl (C=S) groups is 1.